The molecule has 4 nitrogen and oxygen atoms in total. The fourth-order valence-corrected chi connectivity index (χ4v) is 1.24. The number of hydrogen-bond donors (Lipinski definition) is 1. The first kappa shape index (κ1) is 11.5. The van der Waals surface area contributed by atoms with Crippen molar-refractivity contribution in [3.63, 3.8) is 0 Å². The molecule has 1 unspecified atom stereocenters. The molecule has 1 amide bonds. The number of hydroxylamine groups is 2. The van der Waals surface area contributed by atoms with Crippen LogP contribution in [0.15, 0.2) is 0 Å². The minimum absolute atomic E-state index is 0.00456. The molecule has 0 aliphatic carbocycles. The average Bonchev–Trinajstić information content (AvgIpc) is 2.53. The summed E-state index contributed by atoms with van der Waals surface area (Å²) in [6.45, 7) is 7.47. The number of carbonyl (C=O) groups excluding carboxylic acids is 1. The first-order chi connectivity index (χ1) is 6.41. The first-order valence-electron chi connectivity index (χ1n) is 5.10. The van der Waals surface area contributed by atoms with Crippen LogP contribution in [0.2, 0.25) is 0 Å². The van der Waals surface area contributed by atoms with Crippen molar-refractivity contribution in [2.24, 2.45) is 11.1 Å². The zero-order chi connectivity index (χ0) is 10.8. The molecule has 0 aromatic carbocycles. The Bertz CT molecular complexity index is 205. The lowest BCUT2D eigenvalue weighted by Gasteiger charge is -2.27. The van der Waals surface area contributed by atoms with Gasteiger partial charge in [-0.2, -0.15) is 0 Å². The molecule has 0 aromatic rings. The van der Waals surface area contributed by atoms with Crippen LogP contribution in [-0.2, 0) is 9.63 Å². The van der Waals surface area contributed by atoms with Crippen LogP contribution >= 0.6 is 0 Å². The van der Waals surface area contributed by atoms with E-state index in [4.69, 9.17) is 10.6 Å². The fraction of sp³-hybridized carbons (Fsp3) is 0.900. The zero-order valence-corrected chi connectivity index (χ0v) is 9.25. The van der Waals surface area contributed by atoms with Crippen LogP contribution in [0, 0.1) is 5.41 Å². The van der Waals surface area contributed by atoms with E-state index in [-0.39, 0.29) is 17.4 Å². The van der Waals surface area contributed by atoms with Gasteiger partial charge < -0.3 is 5.73 Å². The highest BCUT2D eigenvalue weighted by atomic mass is 16.7. The third-order valence-corrected chi connectivity index (χ3v) is 2.54. The highest BCUT2D eigenvalue weighted by Gasteiger charge is 2.27. The Morgan fingerprint density at radius 1 is 1.57 bits per heavy atom. The van der Waals surface area contributed by atoms with E-state index in [1.54, 1.807) is 0 Å². The average molecular weight is 200 g/mol. The monoisotopic (exact) mass is 200 g/mol. The van der Waals surface area contributed by atoms with E-state index in [1.165, 1.54) is 5.06 Å². The standard InChI is InChI=1S/C10H20N2O2/c1-10(2,3)8(11)7-9(13)12-5-4-6-14-12/h8H,4-7,11H2,1-3H3. The van der Waals surface area contributed by atoms with E-state index < -0.39 is 0 Å². The van der Waals surface area contributed by atoms with Gasteiger partial charge in [-0.05, 0) is 11.8 Å². The summed E-state index contributed by atoms with van der Waals surface area (Å²) in [5.41, 5.74) is 5.88. The maximum absolute atomic E-state index is 11.6. The lowest BCUT2D eigenvalue weighted by atomic mass is 9.85. The largest absolute Gasteiger partial charge is 0.327 e. The van der Waals surface area contributed by atoms with E-state index >= 15 is 0 Å². The molecule has 0 radical (unpaired) electrons. The van der Waals surface area contributed by atoms with Gasteiger partial charge >= 0.3 is 0 Å². The van der Waals surface area contributed by atoms with Crippen molar-refractivity contribution in [3.05, 3.63) is 0 Å². The van der Waals surface area contributed by atoms with E-state index in [2.05, 4.69) is 0 Å². The summed E-state index contributed by atoms with van der Waals surface area (Å²) in [5.74, 6) is 0.00456. The molecule has 0 spiro atoms. The van der Waals surface area contributed by atoms with Crippen molar-refractivity contribution in [3.8, 4) is 0 Å². The van der Waals surface area contributed by atoms with Crippen molar-refractivity contribution >= 4 is 5.91 Å². The molecule has 82 valence electrons. The van der Waals surface area contributed by atoms with Gasteiger partial charge in [-0.25, -0.2) is 5.06 Å². The molecule has 1 fully saturated rings. The Labute approximate surface area is 85.3 Å². The normalized spacial score (nSPS) is 19.9. The van der Waals surface area contributed by atoms with Crippen LogP contribution < -0.4 is 5.73 Å². The molecular weight excluding hydrogens is 180 g/mol. The van der Waals surface area contributed by atoms with E-state index in [0.717, 1.165) is 6.42 Å². The minimum atomic E-state index is -0.112. The summed E-state index contributed by atoms with van der Waals surface area (Å²) in [6, 6.07) is -0.112. The van der Waals surface area contributed by atoms with Crippen LogP contribution in [0.25, 0.3) is 0 Å². The Kier molecular flexibility index (Phi) is 3.50. The molecule has 1 aliphatic heterocycles. The van der Waals surface area contributed by atoms with Gasteiger partial charge in [0, 0.05) is 12.5 Å². The number of amides is 1. The van der Waals surface area contributed by atoms with Crippen molar-refractivity contribution in [2.75, 3.05) is 13.2 Å². The second kappa shape index (κ2) is 4.28. The van der Waals surface area contributed by atoms with E-state index in [0.29, 0.717) is 19.6 Å². The molecule has 0 saturated carbocycles. The number of carbonyl (C=O) groups is 1. The number of hydrogen-bond acceptors (Lipinski definition) is 3. The lowest BCUT2D eigenvalue weighted by Crippen LogP contribution is -2.40. The Morgan fingerprint density at radius 2 is 2.21 bits per heavy atom. The Balaban J connectivity index is 2.40. The van der Waals surface area contributed by atoms with Crippen LogP contribution in [0.1, 0.15) is 33.6 Å². The molecular formula is C10H20N2O2. The lowest BCUT2D eigenvalue weighted by molar-refractivity contribution is -0.169. The van der Waals surface area contributed by atoms with Crippen LogP contribution in [-0.4, -0.2) is 30.2 Å². The summed E-state index contributed by atoms with van der Waals surface area (Å²) < 4.78 is 0. The molecule has 4 heteroatoms. The molecule has 1 saturated heterocycles. The second-order valence-electron chi connectivity index (χ2n) is 4.86. The highest BCUT2D eigenvalue weighted by molar-refractivity contribution is 5.76. The fourth-order valence-electron chi connectivity index (χ4n) is 1.24. The summed E-state index contributed by atoms with van der Waals surface area (Å²) in [6.07, 6.45) is 1.29. The Morgan fingerprint density at radius 3 is 2.64 bits per heavy atom. The predicted octanol–water partition coefficient (Wildman–Crippen LogP) is 0.914. The van der Waals surface area contributed by atoms with Crippen molar-refractivity contribution < 1.29 is 9.63 Å². The quantitative estimate of drug-likeness (QED) is 0.721. The zero-order valence-electron chi connectivity index (χ0n) is 9.25. The maximum atomic E-state index is 11.6. The summed E-state index contributed by atoms with van der Waals surface area (Å²) in [4.78, 5) is 16.8. The third-order valence-electron chi connectivity index (χ3n) is 2.54. The predicted molar refractivity (Wildman–Crippen MR) is 54.3 cm³/mol. The SMILES string of the molecule is CC(C)(C)C(N)CC(=O)N1CCCO1. The van der Waals surface area contributed by atoms with Crippen molar-refractivity contribution in [1.29, 1.82) is 0 Å². The highest BCUT2D eigenvalue weighted by Crippen LogP contribution is 2.21. The smallest absolute Gasteiger partial charge is 0.247 e. The molecule has 1 aliphatic rings. The van der Waals surface area contributed by atoms with E-state index in [9.17, 15) is 4.79 Å². The second-order valence-corrected chi connectivity index (χ2v) is 4.86. The minimum Gasteiger partial charge on any atom is -0.327 e. The summed E-state index contributed by atoms with van der Waals surface area (Å²) in [5, 5.41) is 1.44. The number of nitrogens with zero attached hydrogens (tertiary/aromatic N) is 1. The van der Waals surface area contributed by atoms with Gasteiger partial charge in [0.15, 0.2) is 0 Å². The molecule has 2 N–H and O–H groups in total. The van der Waals surface area contributed by atoms with Gasteiger partial charge in [-0.15, -0.1) is 0 Å². The Hall–Kier alpha value is -0.610. The van der Waals surface area contributed by atoms with Gasteiger partial charge in [0.05, 0.1) is 13.2 Å². The van der Waals surface area contributed by atoms with E-state index in [1.807, 2.05) is 20.8 Å². The molecule has 0 aromatic heterocycles. The molecule has 0 bridgehead atoms. The maximum Gasteiger partial charge on any atom is 0.247 e. The van der Waals surface area contributed by atoms with Crippen molar-refractivity contribution in [2.45, 2.75) is 39.7 Å². The van der Waals surface area contributed by atoms with Crippen LogP contribution in [0.3, 0.4) is 0 Å². The topological polar surface area (TPSA) is 55.6 Å². The van der Waals surface area contributed by atoms with Gasteiger partial charge in [0.1, 0.15) is 0 Å². The summed E-state index contributed by atoms with van der Waals surface area (Å²) in [7, 11) is 0. The van der Waals surface area contributed by atoms with Gasteiger partial charge in [-0.3, -0.25) is 9.63 Å². The van der Waals surface area contributed by atoms with Gasteiger partial charge in [0.25, 0.3) is 0 Å². The van der Waals surface area contributed by atoms with Crippen LogP contribution in [0.4, 0.5) is 0 Å². The van der Waals surface area contributed by atoms with Crippen LogP contribution in [0.5, 0.6) is 0 Å². The molecule has 1 rings (SSSR count). The number of rotatable bonds is 2. The molecule has 1 heterocycles. The van der Waals surface area contributed by atoms with Gasteiger partial charge in [0.2, 0.25) is 5.91 Å². The third kappa shape index (κ3) is 2.96. The van der Waals surface area contributed by atoms with Gasteiger partial charge in [-0.1, -0.05) is 20.8 Å². The number of nitrogens with two attached hydrogens (primary N) is 1. The summed E-state index contributed by atoms with van der Waals surface area (Å²) >= 11 is 0. The van der Waals surface area contributed by atoms with Crippen molar-refractivity contribution in [1.82, 2.24) is 5.06 Å². The first-order valence-corrected chi connectivity index (χ1v) is 5.10. The molecule has 1 atom stereocenters. The molecule has 14 heavy (non-hydrogen) atoms.